The lowest BCUT2D eigenvalue weighted by molar-refractivity contribution is 0.0942. The van der Waals surface area contributed by atoms with E-state index in [9.17, 15) is 13.2 Å². The molecular weight excluding hydrogens is 386 g/mol. The van der Waals surface area contributed by atoms with Crippen LogP contribution < -0.4 is 15.4 Å². The molecule has 3 N–H and O–H groups in total. The normalized spacial score (nSPS) is 20.1. The Bertz CT molecular complexity index is 811. The summed E-state index contributed by atoms with van der Waals surface area (Å²) >= 11 is 0. The fraction of sp³-hybridized carbons (Fsp3) is 0.682. The fourth-order valence-corrected chi connectivity index (χ4v) is 4.70. The first kappa shape index (κ1) is 23.7. The Morgan fingerprint density at radius 1 is 1.07 bits per heavy atom. The molecule has 1 aliphatic carbocycles. The van der Waals surface area contributed by atoms with Gasteiger partial charge in [0.15, 0.2) is 0 Å². The van der Waals surface area contributed by atoms with E-state index in [1.807, 2.05) is 33.8 Å². The SMILES string of the molecule is Cc1cc(NCC2CCC(NS(=O)(=O)C(C)C)CC2)c(C)c(C(=O)NC(C)C)c1. The quantitative estimate of drug-likeness (QED) is 0.594. The van der Waals surface area contributed by atoms with E-state index in [-0.39, 0.29) is 18.0 Å². The minimum absolute atomic E-state index is 0.0396. The smallest absolute Gasteiger partial charge is 0.251 e. The largest absolute Gasteiger partial charge is 0.385 e. The van der Waals surface area contributed by atoms with Crippen LogP contribution in [0, 0.1) is 19.8 Å². The van der Waals surface area contributed by atoms with Gasteiger partial charge in [0.05, 0.1) is 5.25 Å². The number of aryl methyl sites for hydroxylation is 1. The Labute approximate surface area is 176 Å². The summed E-state index contributed by atoms with van der Waals surface area (Å²) in [6.45, 7) is 12.1. The number of anilines is 1. The Balaban J connectivity index is 1.94. The van der Waals surface area contributed by atoms with E-state index in [2.05, 4.69) is 21.4 Å². The third kappa shape index (κ3) is 6.71. The number of benzene rings is 1. The van der Waals surface area contributed by atoms with Gasteiger partial charge in [-0.1, -0.05) is 0 Å². The number of amides is 1. The van der Waals surface area contributed by atoms with Gasteiger partial charge < -0.3 is 10.6 Å². The van der Waals surface area contributed by atoms with Crippen LogP contribution in [0.1, 0.15) is 74.9 Å². The Kier molecular flexibility index (Phi) is 8.11. The van der Waals surface area contributed by atoms with Gasteiger partial charge in [0.25, 0.3) is 5.91 Å². The predicted molar refractivity (Wildman–Crippen MR) is 120 cm³/mol. The van der Waals surface area contributed by atoms with Gasteiger partial charge in [0, 0.05) is 29.9 Å². The molecule has 1 aromatic carbocycles. The molecule has 0 atom stereocenters. The van der Waals surface area contributed by atoms with E-state index in [0.29, 0.717) is 11.5 Å². The van der Waals surface area contributed by atoms with Crippen molar-refractivity contribution in [3.8, 4) is 0 Å². The first-order valence-electron chi connectivity index (χ1n) is 10.7. The van der Waals surface area contributed by atoms with Crippen molar-refractivity contribution in [3.05, 3.63) is 28.8 Å². The van der Waals surface area contributed by atoms with E-state index in [1.54, 1.807) is 13.8 Å². The number of rotatable bonds is 8. The second-order valence-electron chi connectivity index (χ2n) is 8.92. The van der Waals surface area contributed by atoms with Crippen LogP contribution in [-0.2, 0) is 10.0 Å². The second kappa shape index (κ2) is 9.94. The Morgan fingerprint density at radius 3 is 2.24 bits per heavy atom. The maximum atomic E-state index is 12.5. The molecule has 1 aromatic rings. The van der Waals surface area contributed by atoms with Gasteiger partial charge in [-0.25, -0.2) is 13.1 Å². The number of carbonyl (C=O) groups is 1. The van der Waals surface area contributed by atoms with E-state index < -0.39 is 15.3 Å². The molecule has 1 aliphatic rings. The fourth-order valence-electron chi connectivity index (χ4n) is 3.73. The minimum atomic E-state index is -3.21. The van der Waals surface area contributed by atoms with Crippen LogP contribution in [0.2, 0.25) is 0 Å². The van der Waals surface area contributed by atoms with Gasteiger partial charge in [-0.15, -0.1) is 0 Å². The number of hydrogen-bond acceptors (Lipinski definition) is 4. The van der Waals surface area contributed by atoms with Crippen LogP contribution in [0.4, 0.5) is 5.69 Å². The summed E-state index contributed by atoms with van der Waals surface area (Å²) < 4.78 is 27.0. The standard InChI is InChI=1S/C22H37N3O3S/c1-14(2)24-22(26)20-11-16(5)12-21(17(20)6)23-13-18-7-9-19(10-8-18)25-29(27,28)15(3)4/h11-12,14-15,18-19,23,25H,7-10,13H2,1-6H3,(H,24,26). The summed E-state index contributed by atoms with van der Waals surface area (Å²) in [5.41, 5.74) is 3.74. The van der Waals surface area contributed by atoms with Crippen LogP contribution in [0.25, 0.3) is 0 Å². The highest BCUT2D eigenvalue weighted by molar-refractivity contribution is 7.90. The average molecular weight is 424 g/mol. The molecule has 0 radical (unpaired) electrons. The summed E-state index contributed by atoms with van der Waals surface area (Å²) in [5.74, 6) is 0.463. The van der Waals surface area contributed by atoms with Gasteiger partial charge in [-0.05, 0) is 96.4 Å². The van der Waals surface area contributed by atoms with Gasteiger partial charge in [-0.3, -0.25) is 4.79 Å². The molecule has 0 aliphatic heterocycles. The van der Waals surface area contributed by atoms with Crippen molar-refractivity contribution in [1.82, 2.24) is 10.0 Å². The van der Waals surface area contributed by atoms with Crippen LogP contribution >= 0.6 is 0 Å². The number of carbonyl (C=O) groups excluding carboxylic acids is 1. The molecule has 1 fully saturated rings. The van der Waals surface area contributed by atoms with Crippen molar-refractivity contribution in [1.29, 1.82) is 0 Å². The van der Waals surface area contributed by atoms with E-state index in [4.69, 9.17) is 0 Å². The van der Waals surface area contributed by atoms with Crippen molar-refractivity contribution in [3.63, 3.8) is 0 Å². The highest BCUT2D eigenvalue weighted by atomic mass is 32.2. The number of sulfonamides is 1. The summed E-state index contributed by atoms with van der Waals surface area (Å²) in [5, 5.41) is 6.11. The lowest BCUT2D eigenvalue weighted by atomic mass is 9.86. The zero-order valence-electron chi connectivity index (χ0n) is 18.6. The number of hydrogen-bond donors (Lipinski definition) is 3. The van der Waals surface area contributed by atoms with Crippen molar-refractivity contribution >= 4 is 21.6 Å². The van der Waals surface area contributed by atoms with Crippen LogP contribution in [0.15, 0.2) is 12.1 Å². The average Bonchev–Trinajstić information content (AvgIpc) is 2.62. The van der Waals surface area contributed by atoms with E-state index in [0.717, 1.165) is 49.0 Å². The molecule has 0 spiro atoms. The first-order chi connectivity index (χ1) is 13.5. The Hall–Kier alpha value is -1.60. The summed E-state index contributed by atoms with van der Waals surface area (Å²) in [6, 6.07) is 4.17. The molecule has 1 saturated carbocycles. The third-order valence-corrected chi connectivity index (χ3v) is 7.50. The van der Waals surface area contributed by atoms with E-state index >= 15 is 0 Å². The molecule has 0 unspecified atom stereocenters. The molecule has 7 heteroatoms. The molecule has 0 heterocycles. The molecule has 0 aromatic heterocycles. The lowest BCUT2D eigenvalue weighted by Crippen LogP contribution is -2.41. The topological polar surface area (TPSA) is 87.3 Å². The summed E-state index contributed by atoms with van der Waals surface area (Å²) in [6.07, 6.45) is 3.72. The molecule has 6 nitrogen and oxygen atoms in total. The van der Waals surface area contributed by atoms with Crippen LogP contribution in [-0.4, -0.2) is 38.2 Å². The highest BCUT2D eigenvalue weighted by Crippen LogP contribution is 2.27. The lowest BCUT2D eigenvalue weighted by Gasteiger charge is -2.30. The minimum Gasteiger partial charge on any atom is -0.385 e. The highest BCUT2D eigenvalue weighted by Gasteiger charge is 2.26. The molecule has 164 valence electrons. The molecule has 0 saturated heterocycles. The first-order valence-corrected chi connectivity index (χ1v) is 12.2. The molecule has 0 bridgehead atoms. The van der Waals surface area contributed by atoms with Crippen molar-refractivity contribution < 1.29 is 13.2 Å². The van der Waals surface area contributed by atoms with Gasteiger partial charge >= 0.3 is 0 Å². The third-order valence-electron chi connectivity index (χ3n) is 5.60. The van der Waals surface area contributed by atoms with Crippen molar-refractivity contribution in [2.45, 2.75) is 84.6 Å². The molecule has 29 heavy (non-hydrogen) atoms. The molecular formula is C22H37N3O3S. The zero-order chi connectivity index (χ0) is 21.8. The van der Waals surface area contributed by atoms with Crippen molar-refractivity contribution in [2.75, 3.05) is 11.9 Å². The summed E-state index contributed by atoms with van der Waals surface area (Å²) in [7, 11) is -3.21. The maximum absolute atomic E-state index is 12.5. The second-order valence-corrected chi connectivity index (χ2v) is 11.2. The molecule has 2 rings (SSSR count). The number of nitrogens with one attached hydrogen (secondary N) is 3. The maximum Gasteiger partial charge on any atom is 0.251 e. The van der Waals surface area contributed by atoms with Crippen molar-refractivity contribution in [2.24, 2.45) is 5.92 Å². The van der Waals surface area contributed by atoms with Crippen LogP contribution in [0.3, 0.4) is 0 Å². The predicted octanol–water partition coefficient (Wildman–Crippen LogP) is 3.74. The Morgan fingerprint density at radius 2 is 1.69 bits per heavy atom. The monoisotopic (exact) mass is 423 g/mol. The molecule has 1 amide bonds. The van der Waals surface area contributed by atoms with E-state index in [1.165, 1.54) is 0 Å². The zero-order valence-corrected chi connectivity index (χ0v) is 19.4. The summed E-state index contributed by atoms with van der Waals surface area (Å²) in [4.78, 5) is 12.5. The van der Waals surface area contributed by atoms with Gasteiger partial charge in [0.2, 0.25) is 10.0 Å². The van der Waals surface area contributed by atoms with Crippen LogP contribution in [0.5, 0.6) is 0 Å². The van der Waals surface area contributed by atoms with Gasteiger partial charge in [-0.2, -0.15) is 0 Å². The van der Waals surface area contributed by atoms with Gasteiger partial charge in [0.1, 0.15) is 0 Å².